The molecule has 1 unspecified atom stereocenters. The second kappa shape index (κ2) is 5.36. The van der Waals surface area contributed by atoms with E-state index < -0.39 is 10.0 Å². The first-order valence-corrected chi connectivity index (χ1v) is 7.55. The van der Waals surface area contributed by atoms with Crippen LogP contribution in [-0.4, -0.2) is 46.6 Å². The van der Waals surface area contributed by atoms with Crippen LogP contribution in [0.15, 0.2) is 23.1 Å². The molecular formula is C12H19N3O3S. The second-order valence-electron chi connectivity index (χ2n) is 4.77. The minimum atomic E-state index is -3.58. The molecule has 0 saturated carbocycles. The zero-order valence-electron chi connectivity index (χ0n) is 11.1. The fourth-order valence-corrected chi connectivity index (χ4v) is 3.59. The average molecular weight is 285 g/mol. The molecular weight excluding hydrogens is 266 g/mol. The number of likely N-dealkylation sites (N-methyl/N-ethyl adjacent to an activating group) is 1. The Balaban J connectivity index is 2.19. The van der Waals surface area contributed by atoms with Crippen molar-refractivity contribution in [1.82, 2.24) is 9.62 Å². The Bertz CT molecular complexity index is 559. The van der Waals surface area contributed by atoms with E-state index in [9.17, 15) is 8.42 Å². The molecule has 1 aromatic carbocycles. The lowest BCUT2D eigenvalue weighted by Gasteiger charge is -2.15. The number of sulfonamides is 1. The summed E-state index contributed by atoms with van der Waals surface area (Å²) in [5.74, 6) is 0.539. The summed E-state index contributed by atoms with van der Waals surface area (Å²) in [6.45, 7) is 1.61. The Morgan fingerprint density at radius 3 is 2.74 bits per heavy atom. The van der Waals surface area contributed by atoms with E-state index in [0.29, 0.717) is 5.75 Å². The molecule has 0 spiro atoms. The Labute approximate surface area is 113 Å². The highest BCUT2D eigenvalue weighted by molar-refractivity contribution is 7.89. The number of nitrogens with two attached hydrogens (primary N) is 1. The number of hydrogen-bond donors (Lipinski definition) is 2. The lowest BCUT2D eigenvalue weighted by molar-refractivity contribution is 0.407. The highest BCUT2D eigenvalue weighted by Crippen LogP contribution is 2.24. The number of likely N-dealkylation sites (tertiary alicyclic amines) is 1. The topological polar surface area (TPSA) is 84.7 Å². The fraction of sp³-hybridized carbons (Fsp3) is 0.500. The van der Waals surface area contributed by atoms with Crippen LogP contribution < -0.4 is 15.2 Å². The molecule has 6 nitrogen and oxygen atoms in total. The largest absolute Gasteiger partial charge is 0.497 e. The van der Waals surface area contributed by atoms with Crippen LogP contribution in [0.2, 0.25) is 0 Å². The minimum Gasteiger partial charge on any atom is -0.497 e. The van der Waals surface area contributed by atoms with Gasteiger partial charge in [-0.15, -0.1) is 0 Å². The van der Waals surface area contributed by atoms with E-state index in [4.69, 9.17) is 10.5 Å². The first-order valence-electron chi connectivity index (χ1n) is 6.07. The maximum Gasteiger partial charge on any atom is 0.242 e. The van der Waals surface area contributed by atoms with Gasteiger partial charge in [-0.05, 0) is 32.1 Å². The number of nitrogens with zero attached hydrogens (tertiary/aromatic N) is 1. The molecule has 1 saturated heterocycles. The summed E-state index contributed by atoms with van der Waals surface area (Å²) in [6.07, 6.45) is 0.811. The number of nitrogen functional groups attached to an aromatic ring is 1. The molecule has 2 rings (SSSR count). The number of rotatable bonds is 4. The van der Waals surface area contributed by atoms with Crippen molar-refractivity contribution in [3.63, 3.8) is 0 Å². The van der Waals surface area contributed by atoms with E-state index >= 15 is 0 Å². The maximum atomic E-state index is 12.3. The van der Waals surface area contributed by atoms with Gasteiger partial charge in [-0.25, -0.2) is 13.1 Å². The SMILES string of the molecule is COc1ccc(S(=O)(=O)NC2CCN(C)C2)c(N)c1. The number of methoxy groups -OCH3 is 1. The Kier molecular flexibility index (Phi) is 3.98. The van der Waals surface area contributed by atoms with Crippen LogP contribution in [0.25, 0.3) is 0 Å². The third-order valence-corrected chi connectivity index (χ3v) is 4.81. The van der Waals surface area contributed by atoms with Crippen LogP contribution in [0.4, 0.5) is 5.69 Å². The molecule has 0 radical (unpaired) electrons. The molecule has 1 aliphatic rings. The first-order chi connectivity index (χ1) is 8.92. The third kappa shape index (κ3) is 3.17. The molecule has 1 aliphatic heterocycles. The van der Waals surface area contributed by atoms with Crippen LogP contribution in [0, 0.1) is 0 Å². The van der Waals surface area contributed by atoms with E-state index in [1.54, 1.807) is 6.07 Å². The van der Waals surface area contributed by atoms with E-state index in [-0.39, 0.29) is 16.6 Å². The molecule has 0 aliphatic carbocycles. The van der Waals surface area contributed by atoms with Crippen LogP contribution >= 0.6 is 0 Å². The van der Waals surface area contributed by atoms with E-state index in [0.717, 1.165) is 19.5 Å². The summed E-state index contributed by atoms with van der Waals surface area (Å²) in [5.41, 5.74) is 5.97. The number of nitrogens with one attached hydrogen (secondary N) is 1. The van der Waals surface area contributed by atoms with Gasteiger partial charge in [0.1, 0.15) is 10.6 Å². The molecule has 0 amide bonds. The highest BCUT2D eigenvalue weighted by Gasteiger charge is 2.26. The quantitative estimate of drug-likeness (QED) is 0.775. The summed E-state index contributed by atoms with van der Waals surface area (Å²) in [6, 6.07) is 4.51. The summed E-state index contributed by atoms with van der Waals surface area (Å²) in [4.78, 5) is 2.19. The van der Waals surface area contributed by atoms with Crippen molar-refractivity contribution < 1.29 is 13.2 Å². The zero-order valence-corrected chi connectivity index (χ0v) is 11.9. The van der Waals surface area contributed by atoms with Crippen LogP contribution in [-0.2, 0) is 10.0 Å². The summed E-state index contributed by atoms with van der Waals surface area (Å²) < 4.78 is 32.2. The van der Waals surface area contributed by atoms with E-state index in [1.165, 1.54) is 19.2 Å². The van der Waals surface area contributed by atoms with Crippen LogP contribution in [0.1, 0.15) is 6.42 Å². The molecule has 106 valence electrons. The Morgan fingerprint density at radius 2 is 2.21 bits per heavy atom. The lowest BCUT2D eigenvalue weighted by atomic mass is 10.3. The lowest BCUT2D eigenvalue weighted by Crippen LogP contribution is -2.36. The van der Waals surface area contributed by atoms with Gasteiger partial charge in [-0.3, -0.25) is 0 Å². The van der Waals surface area contributed by atoms with Crippen molar-refractivity contribution in [2.75, 3.05) is 33.0 Å². The van der Waals surface area contributed by atoms with Crippen molar-refractivity contribution in [1.29, 1.82) is 0 Å². The van der Waals surface area contributed by atoms with Crippen molar-refractivity contribution in [2.24, 2.45) is 0 Å². The van der Waals surface area contributed by atoms with Gasteiger partial charge in [0.05, 0.1) is 12.8 Å². The summed E-state index contributed by atoms with van der Waals surface area (Å²) in [5, 5.41) is 0. The highest BCUT2D eigenvalue weighted by atomic mass is 32.2. The summed E-state index contributed by atoms with van der Waals surface area (Å²) in [7, 11) is -0.102. The summed E-state index contributed by atoms with van der Waals surface area (Å²) >= 11 is 0. The Morgan fingerprint density at radius 1 is 1.47 bits per heavy atom. The van der Waals surface area contributed by atoms with Crippen molar-refractivity contribution >= 4 is 15.7 Å². The number of hydrogen-bond acceptors (Lipinski definition) is 5. The second-order valence-corrected chi connectivity index (χ2v) is 6.46. The average Bonchev–Trinajstić information content (AvgIpc) is 2.73. The number of benzene rings is 1. The normalized spacial score (nSPS) is 20.6. The minimum absolute atomic E-state index is 0.0588. The predicted molar refractivity (Wildman–Crippen MR) is 73.6 cm³/mol. The maximum absolute atomic E-state index is 12.3. The monoisotopic (exact) mass is 285 g/mol. The molecule has 1 atom stereocenters. The van der Waals surface area contributed by atoms with Gasteiger partial charge in [0, 0.05) is 18.7 Å². The first kappa shape index (κ1) is 14.1. The number of anilines is 1. The molecule has 1 aromatic rings. The number of ether oxygens (including phenoxy) is 1. The fourth-order valence-electron chi connectivity index (χ4n) is 2.21. The van der Waals surface area contributed by atoms with Gasteiger partial charge in [0.2, 0.25) is 10.0 Å². The molecule has 3 N–H and O–H groups in total. The standard InChI is InChI=1S/C12H19N3O3S/c1-15-6-5-9(8-15)14-19(16,17)12-4-3-10(18-2)7-11(12)13/h3-4,7,9,14H,5-6,8,13H2,1-2H3. The van der Waals surface area contributed by atoms with E-state index in [2.05, 4.69) is 9.62 Å². The molecule has 1 heterocycles. The molecule has 1 fully saturated rings. The molecule has 19 heavy (non-hydrogen) atoms. The molecule has 0 aromatic heterocycles. The van der Waals surface area contributed by atoms with Gasteiger partial charge >= 0.3 is 0 Å². The molecule has 0 bridgehead atoms. The smallest absolute Gasteiger partial charge is 0.242 e. The van der Waals surface area contributed by atoms with Crippen molar-refractivity contribution in [3.05, 3.63) is 18.2 Å². The van der Waals surface area contributed by atoms with Crippen molar-refractivity contribution in [2.45, 2.75) is 17.4 Å². The van der Waals surface area contributed by atoms with Gasteiger partial charge < -0.3 is 15.4 Å². The molecule has 7 heteroatoms. The van der Waals surface area contributed by atoms with E-state index in [1.807, 2.05) is 7.05 Å². The van der Waals surface area contributed by atoms with Crippen LogP contribution in [0.3, 0.4) is 0 Å². The third-order valence-electron chi connectivity index (χ3n) is 3.22. The van der Waals surface area contributed by atoms with Gasteiger partial charge in [-0.2, -0.15) is 0 Å². The Hall–Kier alpha value is -1.31. The zero-order chi connectivity index (χ0) is 14.0. The predicted octanol–water partition coefficient (Wildman–Crippen LogP) is 0.260. The van der Waals surface area contributed by atoms with Crippen molar-refractivity contribution in [3.8, 4) is 5.75 Å². The van der Waals surface area contributed by atoms with Gasteiger partial charge in [-0.1, -0.05) is 0 Å². The van der Waals surface area contributed by atoms with Crippen LogP contribution in [0.5, 0.6) is 5.75 Å². The van der Waals surface area contributed by atoms with Gasteiger partial charge in [0.15, 0.2) is 0 Å². The van der Waals surface area contributed by atoms with Gasteiger partial charge in [0.25, 0.3) is 0 Å².